The Morgan fingerprint density at radius 3 is 2.70 bits per heavy atom. The Kier molecular flexibility index (Phi) is 6.90. The number of rotatable bonds is 6. The summed E-state index contributed by atoms with van der Waals surface area (Å²) in [5.41, 5.74) is 5.56. The number of nitro groups is 1. The zero-order chi connectivity index (χ0) is 19.8. The number of benzene rings is 2. The second-order valence-electron chi connectivity index (χ2n) is 5.42. The number of carbonyl (C=O) groups excluding carboxylic acids is 2. The third-order valence-corrected chi connectivity index (χ3v) is 3.56. The molecule has 2 amide bonds. The number of nitro benzene ring substituents is 1. The number of hydrazine groups is 1. The van der Waals surface area contributed by atoms with Crippen LogP contribution in [0.4, 0.5) is 5.69 Å². The first-order valence-electron chi connectivity index (χ1n) is 7.75. The highest BCUT2D eigenvalue weighted by molar-refractivity contribution is 6.30. The van der Waals surface area contributed by atoms with Crippen molar-refractivity contribution >= 4 is 35.2 Å². The highest BCUT2D eigenvalue weighted by atomic mass is 35.5. The molecule has 0 aliphatic heterocycles. The Labute approximate surface area is 159 Å². The molecule has 27 heavy (non-hydrogen) atoms. The molecule has 2 N–H and O–H groups in total. The van der Waals surface area contributed by atoms with Crippen LogP contribution in [0.25, 0.3) is 6.08 Å². The molecule has 2 aromatic carbocycles. The lowest BCUT2D eigenvalue weighted by atomic mass is 10.2. The zero-order valence-electron chi connectivity index (χ0n) is 14.3. The van der Waals surface area contributed by atoms with Gasteiger partial charge in [-0.05, 0) is 42.3 Å². The van der Waals surface area contributed by atoms with E-state index in [0.29, 0.717) is 16.3 Å². The van der Waals surface area contributed by atoms with Crippen molar-refractivity contribution in [2.24, 2.45) is 0 Å². The first kappa shape index (κ1) is 19.9. The summed E-state index contributed by atoms with van der Waals surface area (Å²) in [6.45, 7) is 1.50. The van der Waals surface area contributed by atoms with E-state index in [2.05, 4.69) is 10.9 Å². The number of carbonyl (C=O) groups is 2. The molecule has 0 saturated heterocycles. The van der Waals surface area contributed by atoms with Gasteiger partial charge in [-0.1, -0.05) is 23.7 Å². The molecule has 0 saturated carbocycles. The van der Waals surface area contributed by atoms with E-state index in [9.17, 15) is 19.7 Å². The minimum atomic E-state index is -0.600. The molecule has 8 nitrogen and oxygen atoms in total. The summed E-state index contributed by atoms with van der Waals surface area (Å²) in [6.07, 6.45) is 2.53. The lowest BCUT2D eigenvalue weighted by Crippen LogP contribution is -2.43. The Morgan fingerprint density at radius 2 is 2.00 bits per heavy atom. The average molecular weight is 390 g/mol. The van der Waals surface area contributed by atoms with Crippen molar-refractivity contribution in [3.63, 3.8) is 0 Å². The standard InChI is InChI=1S/C18H16ClN3O5/c1-12-9-14(19)6-7-16(12)27-11-18(24)21-20-17(23)8-5-13-3-2-4-15(10-13)22(25)26/h2-10H,11H2,1H3,(H,20,23)(H,21,24)/b8-5+. The molecule has 0 aliphatic rings. The second-order valence-corrected chi connectivity index (χ2v) is 5.86. The predicted molar refractivity (Wildman–Crippen MR) is 100 cm³/mol. The van der Waals surface area contributed by atoms with Crippen molar-refractivity contribution in [2.45, 2.75) is 6.92 Å². The quantitative estimate of drug-likeness (QED) is 0.448. The van der Waals surface area contributed by atoms with Gasteiger partial charge in [-0.2, -0.15) is 0 Å². The molecule has 140 valence electrons. The van der Waals surface area contributed by atoms with Crippen LogP contribution >= 0.6 is 11.6 Å². The molecule has 0 spiro atoms. The highest BCUT2D eigenvalue weighted by Gasteiger charge is 2.07. The normalized spacial score (nSPS) is 10.4. The van der Waals surface area contributed by atoms with Crippen LogP contribution in [0.2, 0.25) is 5.02 Å². The molecule has 0 aromatic heterocycles. The van der Waals surface area contributed by atoms with Gasteiger partial charge in [0.25, 0.3) is 17.5 Å². The van der Waals surface area contributed by atoms with Crippen molar-refractivity contribution in [2.75, 3.05) is 6.61 Å². The molecule has 0 atom stereocenters. The summed E-state index contributed by atoms with van der Waals surface area (Å²) >= 11 is 5.84. The Hall–Kier alpha value is -3.39. The number of hydrogen-bond donors (Lipinski definition) is 2. The van der Waals surface area contributed by atoms with Crippen LogP contribution < -0.4 is 15.6 Å². The topological polar surface area (TPSA) is 111 Å². The molecule has 0 radical (unpaired) electrons. The first-order valence-corrected chi connectivity index (χ1v) is 8.13. The van der Waals surface area contributed by atoms with Gasteiger partial charge in [-0.15, -0.1) is 0 Å². The van der Waals surface area contributed by atoms with E-state index in [1.54, 1.807) is 31.2 Å². The van der Waals surface area contributed by atoms with Gasteiger partial charge in [0.1, 0.15) is 5.75 Å². The summed E-state index contributed by atoms with van der Waals surface area (Å²) in [5.74, 6) is -0.648. The molecule has 0 heterocycles. The average Bonchev–Trinajstić information content (AvgIpc) is 2.64. The number of halogens is 1. The number of nitrogens with one attached hydrogen (secondary N) is 2. The predicted octanol–water partition coefficient (Wildman–Crippen LogP) is 2.80. The summed E-state index contributed by atoms with van der Waals surface area (Å²) in [6, 6.07) is 10.8. The number of amides is 2. The minimum Gasteiger partial charge on any atom is -0.483 e. The van der Waals surface area contributed by atoms with E-state index in [1.807, 2.05) is 0 Å². The first-order chi connectivity index (χ1) is 12.8. The van der Waals surface area contributed by atoms with E-state index >= 15 is 0 Å². The Balaban J connectivity index is 1.80. The fraction of sp³-hybridized carbons (Fsp3) is 0.111. The van der Waals surface area contributed by atoms with Gasteiger partial charge in [0.2, 0.25) is 0 Å². The van der Waals surface area contributed by atoms with Crippen molar-refractivity contribution in [3.05, 3.63) is 74.8 Å². The second kappa shape index (κ2) is 9.35. The van der Waals surface area contributed by atoms with Crippen LogP contribution in [0.15, 0.2) is 48.5 Å². The highest BCUT2D eigenvalue weighted by Crippen LogP contribution is 2.21. The fourth-order valence-corrected chi connectivity index (χ4v) is 2.27. The number of ether oxygens (including phenoxy) is 1. The van der Waals surface area contributed by atoms with E-state index in [1.165, 1.54) is 24.3 Å². The van der Waals surface area contributed by atoms with E-state index < -0.39 is 16.7 Å². The summed E-state index contributed by atoms with van der Waals surface area (Å²) < 4.78 is 5.35. The van der Waals surface area contributed by atoms with Gasteiger partial charge in [0.05, 0.1) is 4.92 Å². The van der Waals surface area contributed by atoms with Crippen molar-refractivity contribution in [1.29, 1.82) is 0 Å². The van der Waals surface area contributed by atoms with Gasteiger partial charge in [-0.25, -0.2) is 0 Å². The van der Waals surface area contributed by atoms with Crippen LogP contribution in [-0.4, -0.2) is 23.3 Å². The summed E-state index contributed by atoms with van der Waals surface area (Å²) in [5, 5.41) is 11.3. The maximum Gasteiger partial charge on any atom is 0.276 e. The maximum atomic E-state index is 11.7. The lowest BCUT2D eigenvalue weighted by molar-refractivity contribution is -0.384. The molecule has 2 rings (SSSR count). The monoisotopic (exact) mass is 389 g/mol. The van der Waals surface area contributed by atoms with Crippen LogP contribution in [-0.2, 0) is 9.59 Å². The molecular formula is C18H16ClN3O5. The van der Waals surface area contributed by atoms with Gasteiger partial charge in [-0.3, -0.25) is 30.6 Å². The van der Waals surface area contributed by atoms with Gasteiger partial charge < -0.3 is 4.74 Å². The molecule has 2 aromatic rings. The smallest absolute Gasteiger partial charge is 0.276 e. The van der Waals surface area contributed by atoms with E-state index in [0.717, 1.165) is 11.6 Å². The molecule has 0 fully saturated rings. The number of non-ortho nitro benzene ring substituents is 1. The van der Waals surface area contributed by atoms with Gasteiger partial charge in [0, 0.05) is 23.2 Å². The Bertz CT molecular complexity index is 898. The van der Waals surface area contributed by atoms with Crippen LogP contribution in [0, 0.1) is 17.0 Å². The largest absolute Gasteiger partial charge is 0.483 e. The molecule has 0 aliphatic carbocycles. The van der Waals surface area contributed by atoms with Crippen LogP contribution in [0.5, 0.6) is 5.75 Å². The van der Waals surface area contributed by atoms with Crippen LogP contribution in [0.1, 0.15) is 11.1 Å². The SMILES string of the molecule is Cc1cc(Cl)ccc1OCC(=O)NNC(=O)/C=C/c1cccc([N+](=O)[O-])c1. The number of aryl methyl sites for hydroxylation is 1. The maximum absolute atomic E-state index is 11.7. The van der Waals surface area contributed by atoms with Crippen molar-refractivity contribution in [1.82, 2.24) is 10.9 Å². The third kappa shape index (κ3) is 6.44. The zero-order valence-corrected chi connectivity index (χ0v) is 15.0. The number of nitrogens with zero attached hydrogens (tertiary/aromatic N) is 1. The van der Waals surface area contributed by atoms with E-state index in [4.69, 9.17) is 16.3 Å². The lowest BCUT2D eigenvalue weighted by Gasteiger charge is -2.09. The molecule has 0 unspecified atom stereocenters. The van der Waals surface area contributed by atoms with Gasteiger partial charge in [0.15, 0.2) is 6.61 Å². The summed E-state index contributed by atoms with van der Waals surface area (Å²) in [7, 11) is 0. The fourth-order valence-electron chi connectivity index (χ4n) is 2.04. The number of hydrogen-bond acceptors (Lipinski definition) is 5. The van der Waals surface area contributed by atoms with Crippen molar-refractivity contribution < 1.29 is 19.2 Å². The van der Waals surface area contributed by atoms with Gasteiger partial charge >= 0.3 is 0 Å². The third-order valence-electron chi connectivity index (χ3n) is 3.33. The minimum absolute atomic E-state index is 0.0829. The molecular weight excluding hydrogens is 374 g/mol. The van der Waals surface area contributed by atoms with Crippen LogP contribution in [0.3, 0.4) is 0 Å². The molecule has 0 bridgehead atoms. The van der Waals surface area contributed by atoms with Crippen molar-refractivity contribution in [3.8, 4) is 5.75 Å². The Morgan fingerprint density at radius 1 is 1.22 bits per heavy atom. The van der Waals surface area contributed by atoms with E-state index in [-0.39, 0.29) is 12.3 Å². The molecule has 9 heteroatoms. The summed E-state index contributed by atoms with van der Waals surface area (Å²) in [4.78, 5) is 33.6.